The van der Waals surface area contributed by atoms with Crippen molar-refractivity contribution in [2.75, 3.05) is 34.4 Å². The van der Waals surface area contributed by atoms with E-state index in [0.29, 0.717) is 18.0 Å². The van der Waals surface area contributed by atoms with Crippen LogP contribution in [0, 0.1) is 5.82 Å². The third-order valence-corrected chi connectivity index (χ3v) is 5.91. The molecule has 0 aliphatic carbocycles. The van der Waals surface area contributed by atoms with Gasteiger partial charge in [-0.15, -0.1) is 0 Å². The highest BCUT2D eigenvalue weighted by atomic mass is 19.1. The Balaban J connectivity index is 1.70. The fourth-order valence-electron chi connectivity index (χ4n) is 4.38. The summed E-state index contributed by atoms with van der Waals surface area (Å²) in [4.78, 5) is 2.36. The summed E-state index contributed by atoms with van der Waals surface area (Å²) in [6.45, 7) is 1.56. The van der Waals surface area contributed by atoms with E-state index in [0.717, 1.165) is 35.4 Å². The molecule has 0 saturated carbocycles. The van der Waals surface area contributed by atoms with Crippen LogP contribution in [-0.2, 0) is 6.42 Å². The maximum Gasteiger partial charge on any atom is 0.161 e. The molecule has 1 heterocycles. The average molecular weight is 434 g/mol. The molecule has 0 unspecified atom stereocenters. The molecular formula is C27H28FNO3. The number of halogens is 1. The van der Waals surface area contributed by atoms with Crippen LogP contribution in [-0.4, -0.2) is 39.3 Å². The van der Waals surface area contributed by atoms with Gasteiger partial charge in [0.05, 0.1) is 27.4 Å². The summed E-state index contributed by atoms with van der Waals surface area (Å²) >= 11 is 0. The number of hydrogen-bond acceptors (Lipinski definition) is 4. The van der Waals surface area contributed by atoms with Gasteiger partial charge in [-0.2, -0.15) is 0 Å². The van der Waals surface area contributed by atoms with Crippen LogP contribution < -0.4 is 14.2 Å². The van der Waals surface area contributed by atoms with E-state index in [1.54, 1.807) is 33.5 Å². The Kier molecular flexibility index (Phi) is 6.76. The van der Waals surface area contributed by atoms with Gasteiger partial charge in [-0.25, -0.2) is 4.39 Å². The van der Waals surface area contributed by atoms with Crippen molar-refractivity contribution < 1.29 is 18.6 Å². The van der Waals surface area contributed by atoms with Crippen molar-refractivity contribution in [3.05, 3.63) is 94.8 Å². The lowest BCUT2D eigenvalue weighted by atomic mass is 9.87. The van der Waals surface area contributed by atoms with Crippen LogP contribution in [0.2, 0.25) is 0 Å². The number of para-hydroxylation sites is 1. The van der Waals surface area contributed by atoms with Crippen LogP contribution in [0.4, 0.5) is 4.39 Å². The zero-order valence-electron chi connectivity index (χ0n) is 18.7. The summed E-state index contributed by atoms with van der Waals surface area (Å²) in [5.41, 5.74) is 4.26. The number of methoxy groups -OCH3 is 3. The van der Waals surface area contributed by atoms with Crippen LogP contribution >= 0.6 is 0 Å². The third kappa shape index (κ3) is 4.48. The smallest absolute Gasteiger partial charge is 0.161 e. The monoisotopic (exact) mass is 433 g/mol. The van der Waals surface area contributed by atoms with Gasteiger partial charge < -0.3 is 14.2 Å². The minimum atomic E-state index is -0.236. The SMILES string of the molecule is COc1ccccc1/C=C/CN1CCc2cc(OC)c(OC)cc2[C@@H]1c1cccc(F)c1. The average Bonchev–Trinajstić information content (AvgIpc) is 2.83. The molecule has 0 fully saturated rings. The van der Waals surface area contributed by atoms with Gasteiger partial charge in [-0.3, -0.25) is 4.90 Å². The zero-order chi connectivity index (χ0) is 22.5. The number of nitrogens with zero attached hydrogens (tertiary/aromatic N) is 1. The quantitative estimate of drug-likeness (QED) is 0.491. The Hall–Kier alpha value is -3.31. The van der Waals surface area contributed by atoms with Crippen LogP contribution in [0.25, 0.3) is 6.08 Å². The topological polar surface area (TPSA) is 30.9 Å². The van der Waals surface area contributed by atoms with Gasteiger partial charge in [-0.1, -0.05) is 42.5 Å². The Morgan fingerprint density at radius 1 is 0.906 bits per heavy atom. The third-order valence-electron chi connectivity index (χ3n) is 5.91. The minimum absolute atomic E-state index is 0.0865. The Morgan fingerprint density at radius 2 is 1.66 bits per heavy atom. The molecule has 166 valence electrons. The standard InChI is InChI=1S/C27H28FNO3/c1-30-24-12-5-4-8-19(24)10-7-14-29-15-13-20-17-25(31-2)26(32-3)18-23(20)27(29)21-9-6-11-22(28)16-21/h4-12,16-18,27H,13-15H2,1-3H3/b10-7+/t27-/m0/s1. The minimum Gasteiger partial charge on any atom is -0.496 e. The fourth-order valence-corrected chi connectivity index (χ4v) is 4.38. The van der Waals surface area contributed by atoms with Crippen molar-refractivity contribution in [1.82, 2.24) is 4.90 Å². The molecule has 0 amide bonds. The Labute approximate surface area is 188 Å². The number of benzene rings is 3. The maximum atomic E-state index is 14.2. The first kappa shape index (κ1) is 21.9. The first-order chi connectivity index (χ1) is 15.6. The molecule has 4 rings (SSSR count). The highest BCUT2D eigenvalue weighted by molar-refractivity contribution is 5.57. The molecule has 32 heavy (non-hydrogen) atoms. The molecule has 0 N–H and O–H groups in total. The van der Waals surface area contributed by atoms with Gasteiger partial charge in [0.1, 0.15) is 11.6 Å². The lowest BCUT2D eigenvalue weighted by Gasteiger charge is -2.37. The van der Waals surface area contributed by atoms with Crippen molar-refractivity contribution in [1.29, 1.82) is 0 Å². The predicted octanol–water partition coefficient (Wildman–Crippen LogP) is 5.51. The molecule has 3 aromatic carbocycles. The normalized spacial score (nSPS) is 16.1. The lowest BCUT2D eigenvalue weighted by molar-refractivity contribution is 0.235. The number of hydrogen-bond donors (Lipinski definition) is 0. The van der Waals surface area contributed by atoms with Gasteiger partial charge in [0.15, 0.2) is 11.5 Å². The summed E-state index contributed by atoms with van der Waals surface area (Å²) in [6.07, 6.45) is 5.09. The van der Waals surface area contributed by atoms with E-state index in [9.17, 15) is 4.39 Å². The van der Waals surface area contributed by atoms with Gasteiger partial charge in [0.25, 0.3) is 0 Å². The lowest BCUT2D eigenvalue weighted by Crippen LogP contribution is -2.36. The van der Waals surface area contributed by atoms with Gasteiger partial charge in [-0.05, 0) is 53.4 Å². The molecule has 0 radical (unpaired) electrons. The summed E-state index contributed by atoms with van der Waals surface area (Å²) < 4.78 is 30.7. The van der Waals surface area contributed by atoms with Crippen LogP contribution in [0.3, 0.4) is 0 Å². The van der Waals surface area contributed by atoms with Crippen molar-refractivity contribution >= 4 is 6.08 Å². The van der Waals surface area contributed by atoms with E-state index in [4.69, 9.17) is 14.2 Å². The highest BCUT2D eigenvalue weighted by Gasteiger charge is 2.30. The largest absolute Gasteiger partial charge is 0.496 e. The van der Waals surface area contributed by atoms with Gasteiger partial charge in [0.2, 0.25) is 0 Å². The van der Waals surface area contributed by atoms with E-state index >= 15 is 0 Å². The molecule has 0 saturated heterocycles. The highest BCUT2D eigenvalue weighted by Crippen LogP contribution is 2.41. The number of ether oxygens (including phenoxy) is 3. The first-order valence-electron chi connectivity index (χ1n) is 10.7. The Bertz CT molecular complexity index is 1110. The molecule has 1 aliphatic rings. The van der Waals surface area contributed by atoms with Crippen molar-refractivity contribution in [3.8, 4) is 17.2 Å². The van der Waals surface area contributed by atoms with E-state index in [1.165, 1.54) is 11.6 Å². The summed E-state index contributed by atoms with van der Waals surface area (Å²) in [5.74, 6) is 2.00. The summed E-state index contributed by atoms with van der Waals surface area (Å²) in [6, 6.07) is 18.8. The molecular weight excluding hydrogens is 405 g/mol. The molecule has 0 aromatic heterocycles. The van der Waals surface area contributed by atoms with E-state index in [2.05, 4.69) is 17.1 Å². The summed E-state index contributed by atoms with van der Waals surface area (Å²) in [5, 5.41) is 0. The first-order valence-corrected chi connectivity index (χ1v) is 10.7. The molecule has 3 aromatic rings. The second kappa shape index (κ2) is 9.88. The van der Waals surface area contributed by atoms with Crippen molar-refractivity contribution in [2.45, 2.75) is 12.5 Å². The second-order valence-electron chi connectivity index (χ2n) is 7.75. The predicted molar refractivity (Wildman–Crippen MR) is 125 cm³/mol. The number of fused-ring (bicyclic) bond motifs is 1. The van der Waals surface area contributed by atoms with E-state index < -0.39 is 0 Å². The molecule has 4 nitrogen and oxygen atoms in total. The Morgan fingerprint density at radius 3 is 2.41 bits per heavy atom. The second-order valence-corrected chi connectivity index (χ2v) is 7.75. The molecule has 1 aliphatic heterocycles. The van der Waals surface area contributed by atoms with E-state index in [-0.39, 0.29) is 11.9 Å². The van der Waals surface area contributed by atoms with Crippen LogP contribution in [0.5, 0.6) is 17.2 Å². The van der Waals surface area contributed by atoms with Crippen molar-refractivity contribution in [3.63, 3.8) is 0 Å². The van der Waals surface area contributed by atoms with Crippen molar-refractivity contribution in [2.24, 2.45) is 0 Å². The molecule has 1 atom stereocenters. The van der Waals surface area contributed by atoms with Gasteiger partial charge in [0, 0.05) is 18.7 Å². The van der Waals surface area contributed by atoms with Gasteiger partial charge >= 0.3 is 0 Å². The summed E-state index contributed by atoms with van der Waals surface area (Å²) in [7, 11) is 4.96. The molecule has 0 spiro atoms. The fraction of sp³-hybridized carbons (Fsp3) is 0.259. The zero-order valence-corrected chi connectivity index (χ0v) is 18.7. The van der Waals surface area contributed by atoms with Crippen LogP contribution in [0.15, 0.2) is 66.7 Å². The van der Waals surface area contributed by atoms with E-state index in [1.807, 2.05) is 42.5 Å². The molecule has 0 bridgehead atoms. The van der Waals surface area contributed by atoms with Crippen LogP contribution in [0.1, 0.15) is 28.3 Å². The molecule has 5 heteroatoms. The number of rotatable bonds is 7. The maximum absolute atomic E-state index is 14.2.